The van der Waals surface area contributed by atoms with Crippen molar-refractivity contribution in [1.29, 1.82) is 0 Å². The summed E-state index contributed by atoms with van der Waals surface area (Å²) in [4.78, 5) is 3.68. The minimum Gasteiger partial charge on any atom is -0.307 e. The number of rotatable bonds is 1. The maximum absolute atomic E-state index is 12.9. The lowest BCUT2D eigenvalue weighted by Crippen LogP contribution is -2.14. The van der Waals surface area contributed by atoms with E-state index < -0.39 is 12.0 Å². The second kappa shape index (κ2) is 3.79. The van der Waals surface area contributed by atoms with Gasteiger partial charge in [-0.15, -0.1) is 0 Å². The fourth-order valence-corrected chi connectivity index (χ4v) is 1.85. The van der Waals surface area contributed by atoms with Crippen LogP contribution in [0.3, 0.4) is 0 Å². The van der Waals surface area contributed by atoms with Gasteiger partial charge in [0.25, 0.3) is 0 Å². The van der Waals surface area contributed by atoms with E-state index in [0.29, 0.717) is 12.0 Å². The molecule has 1 aromatic rings. The van der Waals surface area contributed by atoms with Crippen molar-refractivity contribution in [1.82, 2.24) is 10.3 Å². The molecule has 2 unspecified atom stereocenters. The first kappa shape index (κ1) is 9.80. The zero-order chi connectivity index (χ0) is 10.1. The summed E-state index contributed by atoms with van der Waals surface area (Å²) in [5.74, 6) is -0.450. The van der Waals surface area contributed by atoms with Crippen LogP contribution >= 0.6 is 11.6 Å². The monoisotopic (exact) mass is 218 g/mol. The van der Waals surface area contributed by atoms with Crippen molar-refractivity contribution in [2.24, 2.45) is 0 Å². The number of alkyl halides is 1. The van der Waals surface area contributed by atoms with Gasteiger partial charge >= 0.3 is 0 Å². The van der Waals surface area contributed by atoms with Crippen molar-refractivity contribution in [3.63, 3.8) is 0 Å². The lowest BCUT2D eigenvalue weighted by Gasteiger charge is -2.11. The highest BCUT2D eigenvalue weighted by Crippen LogP contribution is 2.29. The molecule has 2 heterocycles. The highest BCUT2D eigenvalue weighted by atomic mass is 35.5. The second-order valence-electron chi connectivity index (χ2n) is 3.33. The zero-order valence-electron chi connectivity index (χ0n) is 7.30. The summed E-state index contributed by atoms with van der Waals surface area (Å²) in [7, 11) is 0. The van der Waals surface area contributed by atoms with Crippen LogP contribution in [0.1, 0.15) is 18.0 Å². The molecule has 5 heteroatoms. The van der Waals surface area contributed by atoms with Crippen molar-refractivity contribution in [2.45, 2.75) is 18.6 Å². The van der Waals surface area contributed by atoms with E-state index in [-0.39, 0.29) is 17.7 Å². The minimum absolute atomic E-state index is 0.222. The topological polar surface area (TPSA) is 24.9 Å². The fourth-order valence-electron chi connectivity index (χ4n) is 1.61. The van der Waals surface area contributed by atoms with Crippen molar-refractivity contribution < 1.29 is 8.78 Å². The highest BCUT2D eigenvalue weighted by molar-refractivity contribution is 6.30. The fraction of sp³-hybridized carbons (Fsp3) is 0.444. The summed E-state index contributed by atoms with van der Waals surface area (Å²) in [6.07, 6.45) is 0.484. The number of aromatic nitrogens is 1. The third-order valence-corrected chi connectivity index (χ3v) is 2.60. The predicted molar refractivity (Wildman–Crippen MR) is 49.5 cm³/mol. The lowest BCUT2D eigenvalue weighted by molar-refractivity contribution is 0.356. The largest absolute Gasteiger partial charge is 0.307 e. The number of hydrogen-bond acceptors (Lipinski definition) is 2. The molecule has 14 heavy (non-hydrogen) atoms. The molecule has 1 aliphatic rings. The van der Waals surface area contributed by atoms with E-state index in [1.54, 1.807) is 0 Å². The Hall–Kier alpha value is -0.740. The van der Waals surface area contributed by atoms with Gasteiger partial charge in [0.05, 0.1) is 6.20 Å². The van der Waals surface area contributed by atoms with Gasteiger partial charge in [0.2, 0.25) is 0 Å². The Morgan fingerprint density at radius 2 is 2.36 bits per heavy atom. The molecule has 1 N–H and O–H groups in total. The molecular weight excluding hydrogens is 210 g/mol. The normalized spacial score (nSPS) is 26.8. The predicted octanol–water partition coefficient (Wildman–Crippen LogP) is 2.25. The van der Waals surface area contributed by atoms with Crippen LogP contribution in [0, 0.1) is 5.82 Å². The van der Waals surface area contributed by atoms with E-state index in [0.717, 1.165) is 6.20 Å². The summed E-state index contributed by atoms with van der Waals surface area (Å²) >= 11 is 5.78. The van der Waals surface area contributed by atoms with E-state index in [4.69, 9.17) is 11.6 Å². The van der Waals surface area contributed by atoms with E-state index in [9.17, 15) is 8.78 Å². The first-order valence-corrected chi connectivity index (χ1v) is 4.73. The highest BCUT2D eigenvalue weighted by Gasteiger charge is 2.26. The SMILES string of the molecule is Fc1cnc(Cl)c(C2CC(F)CN2)c1. The molecule has 0 radical (unpaired) electrons. The average Bonchev–Trinajstić information content (AvgIpc) is 2.56. The molecule has 0 aliphatic carbocycles. The summed E-state index contributed by atoms with van der Waals surface area (Å²) in [5.41, 5.74) is 0.534. The number of hydrogen-bond donors (Lipinski definition) is 1. The molecule has 76 valence electrons. The average molecular weight is 219 g/mol. The van der Waals surface area contributed by atoms with Gasteiger partial charge < -0.3 is 5.32 Å². The molecule has 1 saturated heterocycles. The lowest BCUT2D eigenvalue weighted by atomic mass is 10.1. The second-order valence-corrected chi connectivity index (χ2v) is 3.69. The van der Waals surface area contributed by atoms with Gasteiger partial charge in [-0.3, -0.25) is 0 Å². The van der Waals surface area contributed by atoms with Gasteiger partial charge in [0.15, 0.2) is 0 Å². The smallest absolute Gasteiger partial charge is 0.141 e. The van der Waals surface area contributed by atoms with E-state index in [1.165, 1.54) is 6.07 Å². The van der Waals surface area contributed by atoms with E-state index in [2.05, 4.69) is 10.3 Å². The Morgan fingerprint density at radius 3 is 3.00 bits per heavy atom. The van der Waals surface area contributed by atoms with Crippen LogP contribution in [0.4, 0.5) is 8.78 Å². The molecular formula is C9H9ClF2N2. The maximum Gasteiger partial charge on any atom is 0.141 e. The molecule has 2 nitrogen and oxygen atoms in total. The molecule has 0 amide bonds. The Morgan fingerprint density at radius 1 is 1.57 bits per heavy atom. The summed E-state index contributed by atoms with van der Waals surface area (Å²) in [6.45, 7) is 0.289. The Labute approximate surface area is 85.3 Å². The van der Waals surface area contributed by atoms with Gasteiger partial charge in [-0.2, -0.15) is 0 Å². The van der Waals surface area contributed by atoms with Crippen LogP contribution in [0.2, 0.25) is 5.15 Å². The van der Waals surface area contributed by atoms with Crippen molar-refractivity contribution >= 4 is 11.6 Å². The molecule has 1 aromatic heterocycles. The zero-order valence-corrected chi connectivity index (χ0v) is 8.06. The number of pyridine rings is 1. The summed E-state index contributed by atoms with van der Waals surface area (Å²) in [5, 5.41) is 3.16. The number of halogens is 3. The van der Waals surface area contributed by atoms with Crippen molar-refractivity contribution in [3.8, 4) is 0 Å². The van der Waals surface area contributed by atoms with Gasteiger partial charge in [-0.25, -0.2) is 13.8 Å². The van der Waals surface area contributed by atoms with Gasteiger partial charge in [0.1, 0.15) is 17.1 Å². The Bertz CT molecular complexity index is 346. The van der Waals surface area contributed by atoms with Crippen LogP contribution in [0.25, 0.3) is 0 Å². The number of nitrogens with zero attached hydrogens (tertiary/aromatic N) is 1. The molecule has 2 rings (SSSR count). The van der Waals surface area contributed by atoms with Gasteiger partial charge in [-0.1, -0.05) is 11.6 Å². The van der Waals surface area contributed by atoms with Gasteiger partial charge in [0, 0.05) is 18.2 Å². The Balaban J connectivity index is 2.27. The minimum atomic E-state index is -0.890. The standard InChI is InChI=1S/C9H9ClF2N2/c10-9-7(1-5(11)4-14-9)8-2-6(12)3-13-8/h1,4,6,8,13H,2-3H2. The maximum atomic E-state index is 12.9. The third kappa shape index (κ3) is 1.86. The molecule has 1 fully saturated rings. The van der Waals surface area contributed by atoms with E-state index in [1.807, 2.05) is 0 Å². The van der Waals surface area contributed by atoms with Gasteiger partial charge in [-0.05, 0) is 12.5 Å². The first-order valence-electron chi connectivity index (χ1n) is 4.35. The molecule has 2 atom stereocenters. The summed E-state index contributed by atoms with van der Waals surface area (Å²) < 4.78 is 25.7. The molecule has 0 bridgehead atoms. The first-order chi connectivity index (χ1) is 6.66. The van der Waals surface area contributed by atoms with Crippen LogP contribution in [0.15, 0.2) is 12.3 Å². The number of nitrogens with one attached hydrogen (secondary N) is 1. The molecule has 0 aromatic carbocycles. The molecule has 1 aliphatic heterocycles. The van der Waals surface area contributed by atoms with Crippen molar-refractivity contribution in [3.05, 3.63) is 28.8 Å². The molecule has 0 spiro atoms. The van der Waals surface area contributed by atoms with Crippen molar-refractivity contribution in [2.75, 3.05) is 6.54 Å². The van der Waals surface area contributed by atoms with Crippen LogP contribution in [-0.4, -0.2) is 17.7 Å². The summed E-state index contributed by atoms with van der Waals surface area (Å²) in [6, 6.07) is 1.08. The Kier molecular flexibility index (Phi) is 2.65. The quantitative estimate of drug-likeness (QED) is 0.732. The third-order valence-electron chi connectivity index (χ3n) is 2.29. The van der Waals surface area contributed by atoms with Crippen LogP contribution < -0.4 is 5.32 Å². The van der Waals surface area contributed by atoms with Crippen LogP contribution in [-0.2, 0) is 0 Å². The van der Waals surface area contributed by atoms with Crippen LogP contribution in [0.5, 0.6) is 0 Å². The van der Waals surface area contributed by atoms with E-state index >= 15 is 0 Å². The molecule has 0 saturated carbocycles.